The van der Waals surface area contributed by atoms with Crippen molar-refractivity contribution in [2.24, 2.45) is 0 Å². The van der Waals surface area contributed by atoms with Gasteiger partial charge in [0.2, 0.25) is 0 Å². The zero-order valence-electron chi connectivity index (χ0n) is 14.2. The molecule has 0 spiro atoms. The molecule has 1 atom stereocenters. The maximum Gasteiger partial charge on any atom is 0.255 e. The van der Waals surface area contributed by atoms with E-state index in [-0.39, 0.29) is 5.91 Å². The molecule has 1 aliphatic heterocycles. The third-order valence-corrected chi connectivity index (χ3v) is 4.05. The quantitative estimate of drug-likeness (QED) is 0.863. The van der Waals surface area contributed by atoms with E-state index in [2.05, 4.69) is 21.8 Å². The molecule has 0 aromatic carbocycles. The van der Waals surface area contributed by atoms with Crippen molar-refractivity contribution >= 4 is 5.91 Å². The molecule has 124 valence electrons. The molecule has 0 bridgehead atoms. The molecule has 1 fully saturated rings. The van der Waals surface area contributed by atoms with E-state index in [1.165, 1.54) is 6.42 Å². The maximum absolute atomic E-state index is 12.3. The monoisotopic (exact) mass is 308 g/mol. The summed E-state index contributed by atoms with van der Waals surface area (Å²) in [5.74, 6) is 1.07. The Morgan fingerprint density at radius 3 is 3.00 bits per heavy atom. The molecule has 0 radical (unpaired) electrons. The first-order chi connectivity index (χ1) is 10.4. The van der Waals surface area contributed by atoms with Crippen LogP contribution in [0.1, 0.15) is 38.2 Å². The third kappa shape index (κ3) is 4.08. The molecule has 1 aromatic rings. The average molecular weight is 308 g/mol. The van der Waals surface area contributed by atoms with Crippen molar-refractivity contribution < 1.29 is 9.53 Å². The van der Waals surface area contributed by atoms with Crippen molar-refractivity contribution in [1.29, 1.82) is 0 Å². The van der Waals surface area contributed by atoms with Crippen molar-refractivity contribution in [3.05, 3.63) is 17.7 Å². The van der Waals surface area contributed by atoms with E-state index in [1.54, 1.807) is 19.0 Å². The van der Waals surface area contributed by atoms with Crippen LogP contribution >= 0.6 is 0 Å². The Bertz CT molecular complexity index is 500. The highest BCUT2D eigenvalue weighted by atomic mass is 16.5. The summed E-state index contributed by atoms with van der Waals surface area (Å²) in [6.07, 6.45) is 5.23. The Kier molecular flexibility index (Phi) is 5.58. The summed E-state index contributed by atoms with van der Waals surface area (Å²) in [6, 6.07) is 0. The second-order valence-corrected chi connectivity index (χ2v) is 6.45. The van der Waals surface area contributed by atoms with E-state index >= 15 is 0 Å². The minimum atomic E-state index is -0.757. The molecular formula is C16H28N4O2. The van der Waals surface area contributed by atoms with Crippen LogP contribution in [0.4, 0.5) is 0 Å². The van der Waals surface area contributed by atoms with Crippen LogP contribution in [-0.2, 0) is 22.5 Å². The van der Waals surface area contributed by atoms with Crippen LogP contribution in [0, 0.1) is 0 Å². The van der Waals surface area contributed by atoms with E-state index in [1.807, 2.05) is 13.1 Å². The van der Waals surface area contributed by atoms with Gasteiger partial charge in [-0.2, -0.15) is 0 Å². The molecule has 1 saturated heterocycles. The molecule has 1 aromatic heterocycles. The second-order valence-electron chi connectivity index (χ2n) is 6.45. The van der Waals surface area contributed by atoms with Gasteiger partial charge < -0.3 is 14.6 Å². The van der Waals surface area contributed by atoms with Crippen molar-refractivity contribution in [3.8, 4) is 0 Å². The fourth-order valence-electron chi connectivity index (χ4n) is 2.89. The summed E-state index contributed by atoms with van der Waals surface area (Å²) in [7, 11) is 3.54. The first-order valence-corrected chi connectivity index (χ1v) is 8.05. The van der Waals surface area contributed by atoms with E-state index in [9.17, 15) is 4.79 Å². The number of nitrogens with zero attached hydrogens (tertiary/aromatic N) is 3. The maximum atomic E-state index is 12.3. The highest BCUT2D eigenvalue weighted by Gasteiger charge is 2.40. The number of unbranched alkanes of at least 4 members (excludes halogenated alkanes) is 1. The van der Waals surface area contributed by atoms with Crippen LogP contribution in [0.2, 0.25) is 0 Å². The predicted octanol–water partition coefficient (Wildman–Crippen LogP) is 1.43. The highest BCUT2D eigenvalue weighted by Crippen LogP contribution is 2.21. The van der Waals surface area contributed by atoms with Gasteiger partial charge in [0.15, 0.2) is 5.60 Å². The van der Waals surface area contributed by atoms with Crippen LogP contribution in [0.3, 0.4) is 0 Å². The standard InChI is InChI=1S/C16H28N4O2/c1-5-6-7-14-17-10-13(18-14)11-20-8-9-22-16(2,12-20)15(21)19(3)4/h10H,5-9,11-12H2,1-4H3,(H,17,18). The van der Waals surface area contributed by atoms with E-state index in [0.717, 1.165) is 37.4 Å². The van der Waals surface area contributed by atoms with Crippen LogP contribution in [-0.4, -0.2) is 65.1 Å². The average Bonchev–Trinajstić information content (AvgIpc) is 2.91. The van der Waals surface area contributed by atoms with Crippen molar-refractivity contribution in [1.82, 2.24) is 19.8 Å². The lowest BCUT2D eigenvalue weighted by Crippen LogP contribution is -2.57. The van der Waals surface area contributed by atoms with Gasteiger partial charge in [-0.05, 0) is 13.3 Å². The lowest BCUT2D eigenvalue weighted by Gasteiger charge is -2.40. The number of morpholine rings is 1. The number of nitrogens with one attached hydrogen (secondary N) is 1. The SMILES string of the molecule is CCCCc1ncc(CN2CCOC(C)(C(=O)N(C)C)C2)[nH]1. The minimum absolute atomic E-state index is 0.0189. The van der Waals surface area contributed by atoms with Gasteiger partial charge in [0, 0.05) is 52.0 Å². The number of aryl methyl sites for hydroxylation is 1. The molecule has 0 aliphatic carbocycles. The number of ether oxygens (including phenoxy) is 1. The lowest BCUT2D eigenvalue weighted by molar-refractivity contribution is -0.165. The van der Waals surface area contributed by atoms with E-state index in [4.69, 9.17) is 4.74 Å². The van der Waals surface area contributed by atoms with Gasteiger partial charge in [0.05, 0.1) is 6.61 Å². The van der Waals surface area contributed by atoms with Crippen LogP contribution < -0.4 is 0 Å². The number of amides is 1. The van der Waals surface area contributed by atoms with Crippen molar-refractivity contribution in [2.45, 2.75) is 45.3 Å². The van der Waals surface area contributed by atoms with Gasteiger partial charge >= 0.3 is 0 Å². The zero-order valence-corrected chi connectivity index (χ0v) is 14.2. The molecule has 1 amide bonds. The summed E-state index contributed by atoms with van der Waals surface area (Å²) in [4.78, 5) is 24.0. The second kappa shape index (κ2) is 7.24. The predicted molar refractivity (Wildman–Crippen MR) is 85.5 cm³/mol. The molecule has 1 unspecified atom stereocenters. The number of carbonyl (C=O) groups is 1. The number of aromatic nitrogens is 2. The first-order valence-electron chi connectivity index (χ1n) is 8.05. The normalized spacial score (nSPS) is 22.7. The van der Waals surface area contributed by atoms with Crippen molar-refractivity contribution in [3.63, 3.8) is 0 Å². The fraction of sp³-hybridized carbons (Fsp3) is 0.750. The van der Waals surface area contributed by atoms with Crippen LogP contribution in [0.25, 0.3) is 0 Å². The van der Waals surface area contributed by atoms with Gasteiger partial charge in [-0.1, -0.05) is 13.3 Å². The molecular weight excluding hydrogens is 280 g/mol. The van der Waals surface area contributed by atoms with Gasteiger partial charge in [-0.15, -0.1) is 0 Å². The number of carbonyl (C=O) groups excluding carboxylic acids is 1. The van der Waals surface area contributed by atoms with Crippen molar-refractivity contribution in [2.75, 3.05) is 33.8 Å². The Balaban J connectivity index is 1.95. The Hall–Kier alpha value is -1.40. The van der Waals surface area contributed by atoms with Crippen LogP contribution in [0.15, 0.2) is 6.20 Å². The summed E-state index contributed by atoms with van der Waals surface area (Å²) in [6.45, 7) is 6.85. The van der Waals surface area contributed by atoms with Gasteiger partial charge in [0.25, 0.3) is 5.91 Å². The largest absolute Gasteiger partial charge is 0.363 e. The van der Waals surface area contributed by atoms with E-state index in [0.29, 0.717) is 13.2 Å². The molecule has 1 aliphatic rings. The number of hydrogen-bond acceptors (Lipinski definition) is 4. The fourth-order valence-corrected chi connectivity index (χ4v) is 2.89. The number of hydrogen-bond donors (Lipinski definition) is 1. The summed E-state index contributed by atoms with van der Waals surface area (Å²) < 4.78 is 5.76. The van der Waals surface area contributed by atoms with Gasteiger partial charge in [-0.3, -0.25) is 9.69 Å². The summed E-state index contributed by atoms with van der Waals surface area (Å²) in [5.41, 5.74) is 0.347. The van der Waals surface area contributed by atoms with Gasteiger partial charge in [0.1, 0.15) is 5.82 Å². The molecule has 6 heteroatoms. The van der Waals surface area contributed by atoms with Crippen LogP contribution in [0.5, 0.6) is 0 Å². The molecule has 1 N–H and O–H groups in total. The van der Waals surface area contributed by atoms with E-state index < -0.39 is 5.60 Å². The molecule has 0 saturated carbocycles. The Morgan fingerprint density at radius 2 is 2.32 bits per heavy atom. The molecule has 22 heavy (non-hydrogen) atoms. The Morgan fingerprint density at radius 1 is 1.55 bits per heavy atom. The first kappa shape index (κ1) is 17.0. The number of imidazole rings is 1. The molecule has 2 rings (SSSR count). The number of likely N-dealkylation sites (N-methyl/N-ethyl adjacent to an activating group) is 1. The third-order valence-electron chi connectivity index (χ3n) is 4.05. The molecule has 6 nitrogen and oxygen atoms in total. The zero-order chi connectivity index (χ0) is 16.2. The molecule has 2 heterocycles. The highest BCUT2D eigenvalue weighted by molar-refractivity contribution is 5.84. The number of H-pyrrole nitrogens is 1. The summed E-state index contributed by atoms with van der Waals surface area (Å²) >= 11 is 0. The number of rotatable bonds is 6. The number of aromatic amines is 1. The Labute approximate surface area is 132 Å². The minimum Gasteiger partial charge on any atom is -0.363 e. The smallest absolute Gasteiger partial charge is 0.255 e. The summed E-state index contributed by atoms with van der Waals surface area (Å²) in [5, 5.41) is 0. The topological polar surface area (TPSA) is 61.5 Å². The van der Waals surface area contributed by atoms with Gasteiger partial charge in [-0.25, -0.2) is 4.98 Å². The lowest BCUT2D eigenvalue weighted by atomic mass is 10.0.